The highest BCUT2D eigenvalue weighted by molar-refractivity contribution is 6.06. The van der Waals surface area contributed by atoms with E-state index in [-0.39, 0.29) is 0 Å². The minimum atomic E-state index is 0.404. The highest BCUT2D eigenvalue weighted by atomic mass is 15.2. The number of hydrogen-bond acceptors (Lipinski definition) is 2. The average molecular weight is 437 g/mol. The van der Waals surface area contributed by atoms with Crippen LogP contribution in [0.25, 0.3) is 21.5 Å². The Kier molecular flexibility index (Phi) is 4.90. The number of benzene rings is 4. The summed E-state index contributed by atoms with van der Waals surface area (Å²) in [4.78, 5) is 6.66. The van der Waals surface area contributed by atoms with Gasteiger partial charge in [0.15, 0.2) is 0 Å². The molecule has 2 aliphatic carbocycles. The first-order chi connectivity index (χ1) is 16.8. The molecule has 4 aromatic carbocycles. The molecule has 0 saturated heterocycles. The van der Waals surface area contributed by atoms with Crippen molar-refractivity contribution in [2.24, 2.45) is 4.99 Å². The summed E-state index contributed by atoms with van der Waals surface area (Å²) in [6, 6.07) is 26.3. The van der Waals surface area contributed by atoms with Crippen LogP contribution in [-0.4, -0.2) is 6.21 Å². The summed E-state index contributed by atoms with van der Waals surface area (Å²) in [5.41, 5.74) is 6.08. The van der Waals surface area contributed by atoms with Crippen molar-refractivity contribution in [3.05, 3.63) is 120 Å². The smallest absolute Gasteiger partial charge is 0.0764 e. The first kappa shape index (κ1) is 20.3. The molecule has 0 amide bonds. The molecule has 2 atom stereocenters. The van der Waals surface area contributed by atoms with Gasteiger partial charge in [0.25, 0.3) is 0 Å². The fraction of sp³-hybridized carbons (Fsp3) is 0.0938. The number of aliphatic imine (C=N–C) groups is 1. The zero-order valence-electron chi connectivity index (χ0n) is 19.0. The van der Waals surface area contributed by atoms with Crippen LogP contribution in [0.1, 0.15) is 29.9 Å². The molecule has 0 radical (unpaired) electrons. The standard InChI is InChI=1S/C32H24N2/c1-3-20-33-21-22(2)34(30-17-8-11-23-10-4-5-12-24(23)30)31-19-18-28-26-14-7-6-13-25(26)27-15-9-16-29(31)32(27)28/h1,4-21,25-26H,2H3/b22-21+,33-20?. The van der Waals surface area contributed by atoms with Gasteiger partial charge in [-0.15, -0.1) is 6.42 Å². The second kappa shape index (κ2) is 8.21. The summed E-state index contributed by atoms with van der Waals surface area (Å²) < 4.78 is 0. The van der Waals surface area contributed by atoms with E-state index < -0.39 is 0 Å². The molecule has 6 rings (SSSR count). The normalized spacial score (nSPS) is 18.5. The van der Waals surface area contributed by atoms with Gasteiger partial charge in [-0.3, -0.25) is 4.99 Å². The maximum atomic E-state index is 5.41. The number of allylic oxidation sites excluding steroid dienone is 5. The SMILES string of the molecule is C#CC=N/C=C(\C)N(c1cccc2ccccc12)c1ccc2c3c(cccc13)C1C=CC=CC21. The summed E-state index contributed by atoms with van der Waals surface area (Å²) in [5.74, 6) is 3.29. The van der Waals surface area contributed by atoms with Crippen molar-refractivity contribution in [3.63, 3.8) is 0 Å². The Bertz CT molecular complexity index is 1560. The quantitative estimate of drug-likeness (QED) is 0.234. The summed E-state index contributed by atoms with van der Waals surface area (Å²) in [5, 5.41) is 5.03. The Balaban J connectivity index is 1.63. The van der Waals surface area contributed by atoms with Crippen molar-refractivity contribution < 1.29 is 0 Å². The fourth-order valence-corrected chi connectivity index (χ4v) is 5.56. The van der Waals surface area contributed by atoms with Crippen LogP contribution in [0.4, 0.5) is 11.4 Å². The lowest BCUT2D eigenvalue weighted by Crippen LogP contribution is -2.15. The molecule has 0 aromatic heterocycles. The van der Waals surface area contributed by atoms with Crippen LogP contribution in [0, 0.1) is 12.3 Å². The van der Waals surface area contributed by atoms with E-state index in [1.807, 2.05) is 6.20 Å². The second-order valence-corrected chi connectivity index (χ2v) is 8.81. The van der Waals surface area contributed by atoms with Gasteiger partial charge in [0, 0.05) is 34.5 Å². The molecule has 2 heteroatoms. The first-order valence-corrected chi connectivity index (χ1v) is 11.6. The van der Waals surface area contributed by atoms with Gasteiger partial charge in [0.1, 0.15) is 0 Å². The number of anilines is 2. The third-order valence-corrected chi connectivity index (χ3v) is 6.95. The predicted octanol–water partition coefficient (Wildman–Crippen LogP) is 8.00. The van der Waals surface area contributed by atoms with Crippen LogP contribution >= 0.6 is 0 Å². The first-order valence-electron chi connectivity index (χ1n) is 11.6. The van der Waals surface area contributed by atoms with E-state index in [9.17, 15) is 0 Å². The number of terminal acetylenes is 1. The number of hydrogen-bond donors (Lipinski definition) is 0. The zero-order chi connectivity index (χ0) is 23.1. The van der Waals surface area contributed by atoms with Crippen molar-refractivity contribution in [2.45, 2.75) is 18.8 Å². The number of rotatable bonds is 4. The Hall–Kier alpha value is -4.35. The molecule has 162 valence electrons. The molecule has 0 fully saturated rings. The summed E-state index contributed by atoms with van der Waals surface area (Å²) in [7, 11) is 0. The largest absolute Gasteiger partial charge is 0.312 e. The molecular weight excluding hydrogens is 412 g/mol. The Morgan fingerprint density at radius 1 is 0.824 bits per heavy atom. The van der Waals surface area contributed by atoms with E-state index >= 15 is 0 Å². The summed E-state index contributed by atoms with van der Waals surface area (Å²) in [6.45, 7) is 2.09. The van der Waals surface area contributed by atoms with Gasteiger partial charge in [0.2, 0.25) is 0 Å². The lowest BCUT2D eigenvalue weighted by Gasteiger charge is -2.28. The Morgan fingerprint density at radius 3 is 2.32 bits per heavy atom. The molecule has 0 heterocycles. The van der Waals surface area contributed by atoms with E-state index in [1.54, 1.807) is 0 Å². The number of fused-ring (bicyclic) bond motifs is 4. The second-order valence-electron chi connectivity index (χ2n) is 8.81. The maximum Gasteiger partial charge on any atom is 0.0764 e. The predicted molar refractivity (Wildman–Crippen MR) is 145 cm³/mol. The van der Waals surface area contributed by atoms with Crippen molar-refractivity contribution in [2.75, 3.05) is 4.90 Å². The summed E-state index contributed by atoms with van der Waals surface area (Å²) in [6.07, 6.45) is 17.8. The average Bonchev–Trinajstić information content (AvgIpc) is 3.21. The molecule has 0 bridgehead atoms. The van der Waals surface area contributed by atoms with Crippen LogP contribution in [0.3, 0.4) is 0 Å². The highest BCUT2D eigenvalue weighted by Crippen LogP contribution is 2.52. The maximum absolute atomic E-state index is 5.41. The van der Waals surface area contributed by atoms with Gasteiger partial charge in [-0.05, 0) is 41.0 Å². The van der Waals surface area contributed by atoms with Crippen LogP contribution < -0.4 is 4.90 Å². The molecule has 0 saturated carbocycles. The van der Waals surface area contributed by atoms with Gasteiger partial charge in [-0.25, -0.2) is 0 Å². The van der Waals surface area contributed by atoms with Gasteiger partial charge >= 0.3 is 0 Å². The van der Waals surface area contributed by atoms with Crippen molar-refractivity contribution in [1.82, 2.24) is 0 Å². The molecule has 2 unspecified atom stereocenters. The lowest BCUT2D eigenvalue weighted by molar-refractivity contribution is 0.768. The van der Waals surface area contributed by atoms with Crippen molar-refractivity contribution >= 4 is 39.1 Å². The van der Waals surface area contributed by atoms with Crippen LogP contribution in [0.15, 0.2) is 114 Å². The van der Waals surface area contributed by atoms with Gasteiger partial charge in [-0.2, -0.15) is 0 Å². The third-order valence-electron chi connectivity index (χ3n) is 6.95. The van der Waals surface area contributed by atoms with Crippen LogP contribution in [0.2, 0.25) is 0 Å². The van der Waals surface area contributed by atoms with Gasteiger partial charge in [-0.1, -0.05) is 90.9 Å². The Labute approximate surface area is 200 Å². The molecular formula is C32H24N2. The fourth-order valence-electron chi connectivity index (χ4n) is 5.56. The topological polar surface area (TPSA) is 15.6 Å². The number of nitrogens with zero attached hydrogens (tertiary/aromatic N) is 2. The molecule has 0 N–H and O–H groups in total. The van der Waals surface area contributed by atoms with Crippen molar-refractivity contribution in [3.8, 4) is 12.3 Å². The summed E-state index contributed by atoms with van der Waals surface area (Å²) >= 11 is 0. The van der Waals surface area contributed by atoms with E-state index in [4.69, 9.17) is 6.42 Å². The van der Waals surface area contributed by atoms with Crippen LogP contribution in [0.5, 0.6) is 0 Å². The van der Waals surface area contributed by atoms with Gasteiger partial charge < -0.3 is 4.90 Å². The zero-order valence-corrected chi connectivity index (χ0v) is 19.0. The molecule has 2 aliphatic rings. The van der Waals surface area contributed by atoms with E-state index in [0.29, 0.717) is 11.8 Å². The lowest BCUT2D eigenvalue weighted by atomic mass is 9.86. The third kappa shape index (κ3) is 3.10. The van der Waals surface area contributed by atoms with E-state index in [0.717, 1.165) is 17.1 Å². The minimum absolute atomic E-state index is 0.404. The van der Waals surface area contributed by atoms with E-state index in [1.165, 1.54) is 38.9 Å². The minimum Gasteiger partial charge on any atom is -0.312 e. The van der Waals surface area contributed by atoms with E-state index in [2.05, 4.69) is 120 Å². The molecule has 0 spiro atoms. The van der Waals surface area contributed by atoms with Gasteiger partial charge in [0.05, 0.1) is 17.6 Å². The van der Waals surface area contributed by atoms with Crippen molar-refractivity contribution in [1.29, 1.82) is 0 Å². The monoisotopic (exact) mass is 436 g/mol. The van der Waals surface area contributed by atoms with Crippen LogP contribution in [-0.2, 0) is 0 Å². The molecule has 0 aliphatic heterocycles. The molecule has 2 nitrogen and oxygen atoms in total. The molecule has 34 heavy (non-hydrogen) atoms. The highest BCUT2D eigenvalue weighted by Gasteiger charge is 2.33. The Morgan fingerprint density at radius 2 is 1.50 bits per heavy atom. The molecule has 4 aromatic rings.